The number of fused-ring (bicyclic) bond motifs is 1. The molecule has 0 aliphatic heterocycles. The molecule has 0 saturated carbocycles. The fourth-order valence-electron chi connectivity index (χ4n) is 3.09. The Kier molecular flexibility index (Phi) is 5.19. The molecule has 25 heavy (non-hydrogen) atoms. The van der Waals surface area contributed by atoms with E-state index in [1.54, 1.807) is 6.07 Å². The van der Waals surface area contributed by atoms with Crippen molar-refractivity contribution in [2.45, 2.75) is 25.3 Å². The minimum Gasteiger partial charge on any atom is -0.376 e. The number of nitro benzene ring substituents is 1. The molecule has 1 atom stereocenters. The highest BCUT2D eigenvalue weighted by Gasteiger charge is 2.21. The summed E-state index contributed by atoms with van der Waals surface area (Å²) in [6.07, 6.45) is 2.99. The van der Waals surface area contributed by atoms with Gasteiger partial charge in [0.05, 0.1) is 17.5 Å². The third-order valence-electron chi connectivity index (χ3n) is 4.30. The molecular weight excluding hydrogens is 342 g/mol. The van der Waals surface area contributed by atoms with E-state index in [1.807, 2.05) is 12.1 Å². The Morgan fingerprint density at radius 1 is 1.28 bits per heavy atom. The first-order valence-electron chi connectivity index (χ1n) is 8.09. The predicted octanol–water partition coefficient (Wildman–Crippen LogP) is 3.85. The van der Waals surface area contributed by atoms with Gasteiger partial charge >= 0.3 is 0 Å². The van der Waals surface area contributed by atoms with Crippen molar-refractivity contribution in [3.8, 4) is 0 Å². The lowest BCUT2D eigenvalue weighted by molar-refractivity contribution is -0.384. The second-order valence-corrected chi connectivity index (χ2v) is 6.40. The molecule has 7 heteroatoms. The van der Waals surface area contributed by atoms with Crippen LogP contribution >= 0.6 is 11.6 Å². The van der Waals surface area contributed by atoms with E-state index in [4.69, 9.17) is 11.6 Å². The zero-order chi connectivity index (χ0) is 17.8. The normalized spacial score (nSPS) is 16.0. The van der Waals surface area contributed by atoms with Crippen LogP contribution in [0.1, 0.15) is 30.0 Å². The van der Waals surface area contributed by atoms with Gasteiger partial charge < -0.3 is 10.6 Å². The SMILES string of the molecule is O=C(CNc1ccc(Cl)c([N+](=O)[O-])c1)NC1CCCc2ccccc21. The average Bonchev–Trinajstić information content (AvgIpc) is 2.61. The number of anilines is 1. The number of halogens is 1. The van der Waals surface area contributed by atoms with Crippen LogP contribution in [-0.4, -0.2) is 17.4 Å². The van der Waals surface area contributed by atoms with Crippen molar-refractivity contribution in [3.63, 3.8) is 0 Å². The first-order chi connectivity index (χ1) is 12.0. The van der Waals surface area contributed by atoms with Gasteiger partial charge in [0.25, 0.3) is 5.69 Å². The van der Waals surface area contributed by atoms with E-state index in [-0.39, 0.29) is 29.2 Å². The Balaban J connectivity index is 1.61. The number of nitro groups is 1. The number of rotatable bonds is 5. The number of amides is 1. The van der Waals surface area contributed by atoms with E-state index in [2.05, 4.69) is 22.8 Å². The summed E-state index contributed by atoms with van der Waals surface area (Å²) in [6.45, 7) is 0.0391. The van der Waals surface area contributed by atoms with Gasteiger partial charge in [-0.15, -0.1) is 0 Å². The summed E-state index contributed by atoms with van der Waals surface area (Å²) in [6, 6.07) is 12.5. The van der Waals surface area contributed by atoms with Crippen molar-refractivity contribution in [3.05, 3.63) is 68.7 Å². The number of carbonyl (C=O) groups excluding carboxylic acids is 1. The van der Waals surface area contributed by atoms with Crippen molar-refractivity contribution in [1.29, 1.82) is 0 Å². The fraction of sp³-hybridized carbons (Fsp3) is 0.278. The summed E-state index contributed by atoms with van der Waals surface area (Å²) in [7, 11) is 0. The van der Waals surface area contributed by atoms with E-state index >= 15 is 0 Å². The maximum atomic E-state index is 12.2. The van der Waals surface area contributed by atoms with E-state index in [0.717, 1.165) is 19.3 Å². The second-order valence-electron chi connectivity index (χ2n) is 5.99. The number of nitrogens with one attached hydrogen (secondary N) is 2. The smallest absolute Gasteiger partial charge is 0.289 e. The van der Waals surface area contributed by atoms with Crippen molar-refractivity contribution >= 4 is 28.9 Å². The highest BCUT2D eigenvalue weighted by atomic mass is 35.5. The summed E-state index contributed by atoms with van der Waals surface area (Å²) in [5.41, 5.74) is 2.74. The van der Waals surface area contributed by atoms with Crippen LogP contribution in [0.15, 0.2) is 42.5 Å². The molecule has 0 aromatic heterocycles. The second kappa shape index (κ2) is 7.53. The summed E-state index contributed by atoms with van der Waals surface area (Å²) in [5.74, 6) is -0.153. The van der Waals surface area contributed by atoms with Crippen molar-refractivity contribution < 1.29 is 9.72 Å². The molecular formula is C18H18ClN3O3. The Labute approximate surface area is 150 Å². The zero-order valence-corrected chi connectivity index (χ0v) is 14.3. The van der Waals surface area contributed by atoms with Gasteiger partial charge in [-0.1, -0.05) is 35.9 Å². The molecule has 6 nitrogen and oxygen atoms in total. The molecule has 1 amide bonds. The van der Waals surface area contributed by atoms with Gasteiger partial charge in [0, 0.05) is 11.8 Å². The molecule has 0 radical (unpaired) electrons. The zero-order valence-electron chi connectivity index (χ0n) is 13.5. The lowest BCUT2D eigenvalue weighted by Gasteiger charge is -2.26. The van der Waals surface area contributed by atoms with Crippen LogP contribution in [0.25, 0.3) is 0 Å². The van der Waals surface area contributed by atoms with Gasteiger partial charge in [0.2, 0.25) is 5.91 Å². The van der Waals surface area contributed by atoms with Gasteiger partial charge in [-0.05, 0) is 42.5 Å². The lowest BCUT2D eigenvalue weighted by Crippen LogP contribution is -2.35. The van der Waals surface area contributed by atoms with Gasteiger partial charge in [-0.25, -0.2) is 0 Å². The quantitative estimate of drug-likeness (QED) is 0.627. The first kappa shape index (κ1) is 17.2. The molecule has 2 N–H and O–H groups in total. The van der Waals surface area contributed by atoms with Crippen LogP contribution in [-0.2, 0) is 11.2 Å². The highest BCUT2D eigenvalue weighted by Crippen LogP contribution is 2.29. The maximum absolute atomic E-state index is 12.2. The van der Waals surface area contributed by atoms with Gasteiger partial charge in [0.15, 0.2) is 0 Å². The van der Waals surface area contributed by atoms with Crippen LogP contribution in [0.3, 0.4) is 0 Å². The summed E-state index contributed by atoms with van der Waals surface area (Å²) in [4.78, 5) is 22.6. The molecule has 0 bridgehead atoms. The number of aryl methyl sites for hydroxylation is 1. The summed E-state index contributed by atoms with van der Waals surface area (Å²) in [5, 5.41) is 16.9. The predicted molar refractivity (Wildman–Crippen MR) is 96.9 cm³/mol. The van der Waals surface area contributed by atoms with Crippen molar-refractivity contribution in [2.24, 2.45) is 0 Å². The first-order valence-corrected chi connectivity index (χ1v) is 8.47. The van der Waals surface area contributed by atoms with Crippen molar-refractivity contribution in [1.82, 2.24) is 5.32 Å². The third-order valence-corrected chi connectivity index (χ3v) is 4.62. The third kappa shape index (κ3) is 4.09. The molecule has 1 unspecified atom stereocenters. The van der Waals surface area contributed by atoms with Crippen LogP contribution in [0.2, 0.25) is 5.02 Å². The maximum Gasteiger partial charge on any atom is 0.289 e. The fourth-order valence-corrected chi connectivity index (χ4v) is 3.28. The van der Waals surface area contributed by atoms with Crippen LogP contribution in [0.4, 0.5) is 11.4 Å². The molecule has 0 saturated heterocycles. The molecule has 2 aromatic rings. The number of nitrogens with zero attached hydrogens (tertiary/aromatic N) is 1. The van der Waals surface area contributed by atoms with Gasteiger partial charge in [0.1, 0.15) is 5.02 Å². The number of benzene rings is 2. The van der Waals surface area contributed by atoms with Gasteiger partial charge in [-0.2, -0.15) is 0 Å². The molecule has 0 fully saturated rings. The molecule has 0 heterocycles. The van der Waals surface area contributed by atoms with Crippen LogP contribution in [0.5, 0.6) is 0 Å². The number of carbonyl (C=O) groups is 1. The molecule has 0 spiro atoms. The van der Waals surface area contributed by atoms with E-state index in [9.17, 15) is 14.9 Å². The van der Waals surface area contributed by atoms with Gasteiger partial charge in [-0.3, -0.25) is 14.9 Å². The average molecular weight is 360 g/mol. The molecule has 1 aliphatic carbocycles. The Bertz CT molecular complexity index is 810. The lowest BCUT2D eigenvalue weighted by atomic mass is 9.88. The standard InChI is InChI=1S/C18H18ClN3O3/c19-15-9-8-13(10-17(15)22(24)25)20-11-18(23)21-16-7-3-5-12-4-1-2-6-14(12)16/h1-2,4,6,8-10,16,20H,3,5,7,11H2,(H,21,23). The number of hydrogen-bond acceptors (Lipinski definition) is 4. The monoisotopic (exact) mass is 359 g/mol. The molecule has 3 rings (SSSR count). The van der Waals surface area contributed by atoms with Crippen LogP contribution in [0, 0.1) is 10.1 Å². The topological polar surface area (TPSA) is 84.3 Å². The largest absolute Gasteiger partial charge is 0.376 e. The summed E-state index contributed by atoms with van der Waals surface area (Å²) < 4.78 is 0. The minimum atomic E-state index is -0.549. The van der Waals surface area contributed by atoms with E-state index in [1.165, 1.54) is 23.3 Å². The van der Waals surface area contributed by atoms with Crippen molar-refractivity contribution in [2.75, 3.05) is 11.9 Å². The molecule has 130 valence electrons. The van der Waals surface area contributed by atoms with E-state index in [0.29, 0.717) is 5.69 Å². The van der Waals surface area contributed by atoms with Crippen LogP contribution < -0.4 is 10.6 Å². The Morgan fingerprint density at radius 3 is 2.88 bits per heavy atom. The minimum absolute atomic E-state index is 0.0128. The number of hydrogen-bond donors (Lipinski definition) is 2. The highest BCUT2D eigenvalue weighted by molar-refractivity contribution is 6.32. The summed E-state index contributed by atoms with van der Waals surface area (Å²) >= 11 is 5.78. The molecule has 2 aromatic carbocycles. The Morgan fingerprint density at radius 2 is 2.08 bits per heavy atom. The van der Waals surface area contributed by atoms with E-state index < -0.39 is 4.92 Å². The molecule has 1 aliphatic rings. The Hall–Kier alpha value is -2.60.